The molecule has 0 spiro atoms. The van der Waals surface area contributed by atoms with Crippen molar-refractivity contribution in [2.24, 2.45) is 11.3 Å². The van der Waals surface area contributed by atoms with Crippen molar-refractivity contribution in [2.75, 3.05) is 0 Å². The van der Waals surface area contributed by atoms with Gasteiger partial charge in [0.25, 0.3) is 0 Å². The molecule has 0 saturated heterocycles. The van der Waals surface area contributed by atoms with Gasteiger partial charge in [0.2, 0.25) is 0 Å². The normalized spacial score (nSPS) is 20.0. The molecule has 0 saturated carbocycles. The first-order valence-electron chi connectivity index (χ1n) is 15.5. The van der Waals surface area contributed by atoms with Crippen molar-refractivity contribution >= 4 is 73.4 Å². The molecule has 0 fully saturated rings. The third-order valence-corrected chi connectivity index (χ3v) is 10.4. The number of hydrogen-bond acceptors (Lipinski definition) is 2. The van der Waals surface area contributed by atoms with Crippen LogP contribution in [0.5, 0.6) is 0 Å². The van der Waals surface area contributed by atoms with E-state index in [9.17, 15) is 9.59 Å². The number of hydrogen-bond donors (Lipinski definition) is 0. The molecule has 2 unspecified atom stereocenters. The number of pyridine rings is 2. The molecule has 44 heavy (non-hydrogen) atoms. The predicted octanol–water partition coefficient (Wildman–Crippen LogP) is 6.36. The Balaban J connectivity index is 1.42. The van der Waals surface area contributed by atoms with Gasteiger partial charge in [0.1, 0.15) is 0 Å². The van der Waals surface area contributed by atoms with E-state index < -0.39 is 0 Å². The number of carbonyl (C=O) groups excluding carboxylic acids is 1. The molecule has 0 amide bonds. The lowest BCUT2D eigenvalue weighted by atomic mass is 9.72. The number of rotatable bonds is 0. The highest BCUT2D eigenvalue weighted by Gasteiger charge is 2.40. The van der Waals surface area contributed by atoms with Gasteiger partial charge in [0.05, 0.1) is 33.3 Å². The quantitative estimate of drug-likeness (QED) is 0.212. The zero-order chi connectivity index (χ0) is 30.8. The first-order chi connectivity index (χ1) is 20.7. The topological polar surface area (TPSA) is 43.5 Å². The molecular formula is C40H34N2O2. The van der Waals surface area contributed by atoms with Gasteiger partial charge in [-0.2, -0.15) is 0 Å². The number of ketones is 1. The Morgan fingerprint density at radius 1 is 0.682 bits per heavy atom. The summed E-state index contributed by atoms with van der Waals surface area (Å²) in [4.78, 5) is 27.5. The zero-order valence-electron chi connectivity index (χ0n) is 26.1. The van der Waals surface area contributed by atoms with Crippen LogP contribution in [-0.2, 0) is 10.2 Å². The molecular weight excluding hydrogens is 540 g/mol. The number of Topliss-reactive ketones (excluding diaryl/α,β-unsaturated/α-hetero) is 1. The summed E-state index contributed by atoms with van der Waals surface area (Å²) >= 11 is 0. The molecule has 0 N–H and O–H groups in total. The summed E-state index contributed by atoms with van der Waals surface area (Å²) in [5.41, 5.74) is 6.90. The van der Waals surface area contributed by atoms with Crippen LogP contribution in [0.3, 0.4) is 0 Å². The fraction of sp³-hybridized carbons (Fsp3) is 0.250. The van der Waals surface area contributed by atoms with Gasteiger partial charge in [0.15, 0.2) is 11.2 Å². The fourth-order valence-corrected chi connectivity index (χ4v) is 8.06. The van der Waals surface area contributed by atoms with Crippen LogP contribution in [0.25, 0.3) is 67.6 Å². The average molecular weight is 575 g/mol. The summed E-state index contributed by atoms with van der Waals surface area (Å²) in [5, 5.41) is 8.91. The molecule has 4 aromatic heterocycles. The Morgan fingerprint density at radius 3 is 1.98 bits per heavy atom. The average Bonchev–Trinajstić information content (AvgIpc) is 3.42. The van der Waals surface area contributed by atoms with E-state index in [1.165, 1.54) is 5.57 Å². The van der Waals surface area contributed by atoms with Crippen LogP contribution >= 0.6 is 0 Å². The van der Waals surface area contributed by atoms with E-state index >= 15 is 0 Å². The molecule has 6 aromatic rings. The first kappa shape index (κ1) is 25.8. The smallest absolute Gasteiger partial charge is 0.190 e. The molecule has 6 heterocycles. The van der Waals surface area contributed by atoms with Crippen LogP contribution in [0.1, 0.15) is 53.1 Å². The molecule has 3 aliphatic rings. The second-order valence-corrected chi connectivity index (χ2v) is 15.2. The SMILES string of the molecule is C=C1C=c2c3cc4c(cc3c3n2C2C(=CC(C(C)(C)C)=CC12)C(=O)C=3)c1cc(=O)c2cc(C(C)(C)C)cc3c(=C)cc4n1c32. The van der Waals surface area contributed by atoms with Gasteiger partial charge < -0.3 is 8.97 Å². The Morgan fingerprint density at radius 2 is 1.32 bits per heavy atom. The van der Waals surface area contributed by atoms with Gasteiger partial charge in [-0.3, -0.25) is 9.59 Å². The van der Waals surface area contributed by atoms with Crippen molar-refractivity contribution in [2.45, 2.75) is 53.0 Å². The molecule has 2 aromatic carbocycles. The van der Waals surface area contributed by atoms with Gasteiger partial charge in [-0.25, -0.2) is 0 Å². The van der Waals surface area contributed by atoms with Crippen molar-refractivity contribution in [3.05, 3.63) is 104 Å². The highest BCUT2D eigenvalue weighted by atomic mass is 16.1. The number of benzene rings is 2. The van der Waals surface area contributed by atoms with E-state index in [4.69, 9.17) is 0 Å². The second-order valence-electron chi connectivity index (χ2n) is 15.2. The van der Waals surface area contributed by atoms with Crippen molar-refractivity contribution in [1.29, 1.82) is 0 Å². The number of fused-ring (bicyclic) bond motifs is 6. The lowest BCUT2D eigenvalue weighted by molar-refractivity contribution is -0.110. The van der Waals surface area contributed by atoms with E-state index in [2.05, 4.69) is 112 Å². The summed E-state index contributed by atoms with van der Waals surface area (Å²) in [7, 11) is 0. The highest BCUT2D eigenvalue weighted by molar-refractivity contribution is 6.21. The molecule has 2 atom stereocenters. The van der Waals surface area contributed by atoms with E-state index in [-0.39, 0.29) is 34.0 Å². The van der Waals surface area contributed by atoms with Crippen molar-refractivity contribution < 1.29 is 4.79 Å². The standard InChI is InChI=1S/C40H34N2O2/c1-19-9-31-25-15-26-28(16-27(25)33-17-35(43)29-13-21(39(3,4)5)11-23(19)37(29)41(31)33)34-18-36(44)30-14-22(40(6,7)8)12-24-20(2)10-32(26)42(34)38(24)30/h9-18,23,37H,1-2H2,3-8H3. The molecule has 9 rings (SSSR count). The Hall–Kier alpha value is -4.70. The van der Waals surface area contributed by atoms with E-state index in [1.807, 2.05) is 6.08 Å². The van der Waals surface area contributed by atoms with Crippen LogP contribution in [-0.4, -0.2) is 14.8 Å². The summed E-state index contributed by atoms with van der Waals surface area (Å²) in [6, 6.07) is 12.6. The third kappa shape index (κ3) is 3.03. The lowest BCUT2D eigenvalue weighted by Crippen LogP contribution is -2.45. The van der Waals surface area contributed by atoms with Crippen LogP contribution in [0.15, 0.2) is 76.6 Å². The Labute approximate surface area is 254 Å². The molecule has 216 valence electrons. The molecule has 2 aliphatic heterocycles. The molecule has 0 radical (unpaired) electrons. The lowest BCUT2D eigenvalue weighted by Gasteiger charge is -2.39. The number of carbonyl (C=O) groups is 1. The highest BCUT2D eigenvalue weighted by Crippen LogP contribution is 2.45. The largest absolute Gasteiger partial charge is 0.332 e. The summed E-state index contributed by atoms with van der Waals surface area (Å²) < 4.78 is 4.60. The van der Waals surface area contributed by atoms with Crippen molar-refractivity contribution in [1.82, 2.24) is 8.97 Å². The monoisotopic (exact) mass is 574 g/mol. The zero-order valence-corrected chi connectivity index (χ0v) is 26.1. The predicted molar refractivity (Wildman–Crippen MR) is 183 cm³/mol. The van der Waals surface area contributed by atoms with Gasteiger partial charge in [-0.1, -0.05) is 60.8 Å². The third-order valence-electron chi connectivity index (χ3n) is 10.4. The van der Waals surface area contributed by atoms with Crippen LogP contribution < -0.4 is 21.3 Å². The Kier molecular flexibility index (Phi) is 4.50. The molecule has 4 nitrogen and oxygen atoms in total. The van der Waals surface area contributed by atoms with Crippen LogP contribution in [0.4, 0.5) is 0 Å². The number of nitrogens with zero attached hydrogens (tertiary/aromatic N) is 2. The minimum Gasteiger partial charge on any atom is -0.332 e. The van der Waals surface area contributed by atoms with Gasteiger partial charge in [-0.05, 0) is 75.2 Å². The van der Waals surface area contributed by atoms with Crippen molar-refractivity contribution in [3.8, 4) is 0 Å². The molecule has 4 heteroatoms. The number of aromatic nitrogens is 2. The van der Waals surface area contributed by atoms with Gasteiger partial charge >= 0.3 is 0 Å². The van der Waals surface area contributed by atoms with Crippen LogP contribution in [0, 0.1) is 11.3 Å². The van der Waals surface area contributed by atoms with E-state index in [0.29, 0.717) is 0 Å². The second kappa shape index (κ2) is 7.68. The minimum absolute atomic E-state index is 0.0192. The number of allylic oxidation sites excluding steroid dienone is 5. The minimum atomic E-state index is -0.101. The van der Waals surface area contributed by atoms with Crippen LogP contribution in [0.2, 0.25) is 0 Å². The molecule has 1 aliphatic carbocycles. The van der Waals surface area contributed by atoms with Crippen molar-refractivity contribution in [3.63, 3.8) is 0 Å². The molecule has 0 bridgehead atoms. The van der Waals surface area contributed by atoms with E-state index in [0.717, 1.165) is 81.5 Å². The summed E-state index contributed by atoms with van der Waals surface area (Å²) in [6.45, 7) is 22.1. The maximum atomic E-state index is 13.8. The Bertz CT molecular complexity index is 2680. The fourth-order valence-electron chi connectivity index (χ4n) is 8.06. The summed E-state index contributed by atoms with van der Waals surface area (Å²) in [6.07, 6.45) is 8.46. The van der Waals surface area contributed by atoms with Gasteiger partial charge in [0, 0.05) is 56.0 Å². The summed E-state index contributed by atoms with van der Waals surface area (Å²) in [5.74, 6) is 0.105. The maximum absolute atomic E-state index is 13.8. The van der Waals surface area contributed by atoms with E-state index in [1.54, 1.807) is 6.07 Å². The maximum Gasteiger partial charge on any atom is 0.190 e. The first-order valence-corrected chi connectivity index (χ1v) is 15.5. The van der Waals surface area contributed by atoms with Gasteiger partial charge in [-0.15, -0.1) is 0 Å².